The molecule has 138 valence electrons. The molecule has 1 N–H and O–H groups in total. The third-order valence-electron chi connectivity index (χ3n) is 4.63. The van der Waals surface area contributed by atoms with Gasteiger partial charge in [-0.3, -0.25) is 4.57 Å². The number of aromatic amines is 1. The van der Waals surface area contributed by atoms with Crippen molar-refractivity contribution in [2.24, 2.45) is 0 Å². The van der Waals surface area contributed by atoms with Crippen LogP contribution < -0.4 is 5.69 Å². The molecule has 0 bridgehead atoms. The summed E-state index contributed by atoms with van der Waals surface area (Å²) in [5.41, 5.74) is 1.50. The van der Waals surface area contributed by atoms with Gasteiger partial charge in [0.2, 0.25) is 0 Å². The van der Waals surface area contributed by atoms with Crippen LogP contribution in [-0.4, -0.2) is 35.4 Å². The van der Waals surface area contributed by atoms with Gasteiger partial charge in [-0.05, 0) is 47.0 Å². The zero-order chi connectivity index (χ0) is 18.5. The minimum Gasteiger partial charge on any atom is -0.306 e. The molecule has 0 aliphatic carbocycles. The van der Waals surface area contributed by atoms with Gasteiger partial charge in [-0.15, -0.1) is 11.3 Å². The van der Waals surface area contributed by atoms with Crippen molar-refractivity contribution in [1.29, 1.82) is 0 Å². The Hall–Kier alpha value is -1.13. The molecule has 1 aliphatic rings. The molecular weight excluding hydrogens is 462 g/mol. The number of nitrogens with one attached hydrogen (secondary N) is 1. The van der Waals surface area contributed by atoms with Gasteiger partial charge in [0.1, 0.15) is 8.55 Å². The number of halogens is 2. The van der Waals surface area contributed by atoms with Crippen LogP contribution in [0.4, 0.5) is 0 Å². The number of thiophene rings is 1. The first-order valence-electron chi connectivity index (χ1n) is 8.02. The summed E-state index contributed by atoms with van der Waals surface area (Å²) >= 11 is 10.3. The number of piperidine rings is 1. The third kappa shape index (κ3) is 3.05. The van der Waals surface area contributed by atoms with Crippen LogP contribution in [-0.2, 0) is 10.0 Å². The lowest BCUT2D eigenvalue weighted by molar-refractivity contribution is 0.274. The molecule has 6 nitrogen and oxygen atoms in total. The van der Waals surface area contributed by atoms with Crippen molar-refractivity contribution in [1.82, 2.24) is 13.9 Å². The second-order valence-electron chi connectivity index (χ2n) is 6.14. The number of hydrogen-bond acceptors (Lipinski definition) is 4. The topological polar surface area (TPSA) is 75.2 Å². The molecule has 2 aromatic heterocycles. The molecule has 1 fully saturated rings. The number of H-pyrrole nitrogens is 1. The van der Waals surface area contributed by atoms with E-state index in [1.807, 2.05) is 24.3 Å². The van der Waals surface area contributed by atoms with E-state index in [9.17, 15) is 13.2 Å². The van der Waals surface area contributed by atoms with E-state index in [0.29, 0.717) is 34.7 Å². The van der Waals surface area contributed by atoms with Gasteiger partial charge >= 0.3 is 5.69 Å². The normalized spacial score (nSPS) is 17.2. The van der Waals surface area contributed by atoms with Crippen LogP contribution in [0.25, 0.3) is 11.0 Å². The molecule has 1 aliphatic heterocycles. The average Bonchev–Trinajstić information content (AvgIpc) is 3.14. The highest BCUT2D eigenvalue weighted by atomic mass is 79.9. The fraction of sp³-hybridized carbons (Fsp3) is 0.312. The van der Waals surface area contributed by atoms with Gasteiger partial charge in [-0.2, -0.15) is 4.31 Å². The molecule has 0 spiro atoms. The maximum Gasteiger partial charge on any atom is 0.326 e. The molecule has 0 saturated carbocycles. The summed E-state index contributed by atoms with van der Waals surface area (Å²) in [5.74, 6) is 0. The first-order valence-corrected chi connectivity index (χ1v) is 11.4. The molecule has 0 amide bonds. The van der Waals surface area contributed by atoms with Crippen LogP contribution in [0.5, 0.6) is 0 Å². The van der Waals surface area contributed by atoms with Crippen LogP contribution >= 0.6 is 38.9 Å². The lowest BCUT2D eigenvalue weighted by Gasteiger charge is -2.31. The van der Waals surface area contributed by atoms with Crippen molar-refractivity contribution in [3.63, 3.8) is 0 Å². The van der Waals surface area contributed by atoms with Crippen molar-refractivity contribution < 1.29 is 8.42 Å². The molecule has 4 rings (SSSR count). The molecule has 0 radical (unpaired) electrons. The Morgan fingerprint density at radius 2 is 1.92 bits per heavy atom. The fourth-order valence-corrected chi connectivity index (χ4v) is 7.28. The molecule has 1 aromatic carbocycles. The average molecular weight is 477 g/mol. The molecular formula is C16H15BrClN3O3S2. The summed E-state index contributed by atoms with van der Waals surface area (Å²) < 4.78 is 30.1. The van der Waals surface area contributed by atoms with E-state index in [1.165, 1.54) is 4.31 Å². The summed E-state index contributed by atoms with van der Waals surface area (Å²) in [4.78, 5) is 15.2. The highest BCUT2D eigenvalue weighted by Crippen LogP contribution is 2.37. The lowest BCUT2D eigenvalue weighted by Crippen LogP contribution is -2.40. The molecule has 3 aromatic rings. The summed E-state index contributed by atoms with van der Waals surface area (Å²) in [6, 6.07) is 9.06. The zero-order valence-corrected chi connectivity index (χ0v) is 17.5. The van der Waals surface area contributed by atoms with Gasteiger partial charge in [0, 0.05) is 23.6 Å². The SMILES string of the molecule is O=c1[nH]c2ccccc2n1C1CCN(S(=O)(=O)c2cc(Br)c(Cl)s2)CC1. The number of imidazole rings is 1. The third-order valence-corrected chi connectivity index (χ3v) is 9.45. The Labute approximate surface area is 167 Å². The van der Waals surface area contributed by atoms with E-state index in [2.05, 4.69) is 20.9 Å². The predicted octanol–water partition coefficient (Wildman–Crippen LogP) is 3.83. The summed E-state index contributed by atoms with van der Waals surface area (Å²) in [6.07, 6.45) is 1.17. The van der Waals surface area contributed by atoms with E-state index < -0.39 is 10.0 Å². The van der Waals surface area contributed by atoms with Crippen molar-refractivity contribution in [2.45, 2.75) is 23.1 Å². The monoisotopic (exact) mass is 475 g/mol. The Morgan fingerprint density at radius 1 is 1.23 bits per heavy atom. The van der Waals surface area contributed by atoms with Gasteiger partial charge in [0.25, 0.3) is 10.0 Å². The zero-order valence-electron chi connectivity index (χ0n) is 13.5. The summed E-state index contributed by atoms with van der Waals surface area (Å²) in [7, 11) is -3.57. The first-order chi connectivity index (χ1) is 12.4. The van der Waals surface area contributed by atoms with Gasteiger partial charge in [-0.25, -0.2) is 13.2 Å². The number of hydrogen-bond donors (Lipinski definition) is 1. The van der Waals surface area contributed by atoms with Crippen LogP contribution in [0.3, 0.4) is 0 Å². The van der Waals surface area contributed by atoms with E-state index in [-0.39, 0.29) is 15.9 Å². The van der Waals surface area contributed by atoms with Gasteiger partial charge < -0.3 is 4.98 Å². The van der Waals surface area contributed by atoms with E-state index in [1.54, 1.807) is 10.6 Å². The maximum absolute atomic E-state index is 12.8. The number of para-hydroxylation sites is 2. The summed E-state index contributed by atoms with van der Waals surface area (Å²) in [5, 5.41) is 0. The minimum absolute atomic E-state index is 0.0243. The lowest BCUT2D eigenvalue weighted by atomic mass is 10.1. The van der Waals surface area contributed by atoms with Gasteiger partial charge in [0.15, 0.2) is 0 Å². The number of nitrogens with zero attached hydrogens (tertiary/aromatic N) is 2. The van der Waals surface area contributed by atoms with Crippen molar-refractivity contribution >= 4 is 59.9 Å². The minimum atomic E-state index is -3.57. The molecule has 0 atom stereocenters. The number of aromatic nitrogens is 2. The highest BCUT2D eigenvalue weighted by Gasteiger charge is 2.32. The Morgan fingerprint density at radius 3 is 2.58 bits per heavy atom. The number of fused-ring (bicyclic) bond motifs is 1. The largest absolute Gasteiger partial charge is 0.326 e. The Kier molecular flexibility index (Phi) is 4.77. The fourth-order valence-electron chi connectivity index (χ4n) is 3.36. The first kappa shape index (κ1) is 18.2. The number of benzene rings is 1. The van der Waals surface area contributed by atoms with E-state index in [0.717, 1.165) is 22.4 Å². The van der Waals surface area contributed by atoms with Gasteiger partial charge in [-0.1, -0.05) is 23.7 Å². The summed E-state index contributed by atoms with van der Waals surface area (Å²) in [6.45, 7) is 0.734. The van der Waals surface area contributed by atoms with Crippen molar-refractivity contribution in [3.05, 3.63) is 49.6 Å². The van der Waals surface area contributed by atoms with E-state index in [4.69, 9.17) is 11.6 Å². The Balaban J connectivity index is 1.57. The number of sulfonamides is 1. The second kappa shape index (κ2) is 6.79. The van der Waals surface area contributed by atoms with Crippen LogP contribution in [0.1, 0.15) is 18.9 Å². The van der Waals surface area contributed by atoms with E-state index >= 15 is 0 Å². The quantitative estimate of drug-likeness (QED) is 0.624. The molecule has 3 heterocycles. The Bertz CT molecular complexity index is 1110. The highest BCUT2D eigenvalue weighted by molar-refractivity contribution is 9.10. The van der Waals surface area contributed by atoms with Crippen LogP contribution in [0.15, 0.2) is 43.8 Å². The maximum atomic E-state index is 12.8. The molecule has 10 heteroatoms. The molecule has 26 heavy (non-hydrogen) atoms. The second-order valence-corrected chi connectivity index (χ2v) is 10.8. The number of rotatable bonds is 3. The van der Waals surface area contributed by atoms with Crippen LogP contribution in [0.2, 0.25) is 4.34 Å². The van der Waals surface area contributed by atoms with Crippen molar-refractivity contribution in [2.75, 3.05) is 13.1 Å². The molecule has 1 saturated heterocycles. The van der Waals surface area contributed by atoms with Gasteiger partial charge in [0.05, 0.1) is 11.0 Å². The van der Waals surface area contributed by atoms with Crippen LogP contribution in [0, 0.1) is 0 Å². The molecule has 0 unspecified atom stereocenters. The smallest absolute Gasteiger partial charge is 0.306 e. The predicted molar refractivity (Wildman–Crippen MR) is 107 cm³/mol. The van der Waals surface area contributed by atoms with Crippen molar-refractivity contribution in [3.8, 4) is 0 Å². The standard InChI is InChI=1S/C16H15BrClN3O3S2/c17-11-9-14(25-15(11)18)26(23,24)20-7-5-10(6-8-20)21-13-4-2-1-3-12(13)19-16(21)22/h1-4,9-10H,5-8H2,(H,19,22).